The Balaban J connectivity index is 2.42. The average Bonchev–Trinajstić information content (AvgIpc) is 2.56. The summed E-state index contributed by atoms with van der Waals surface area (Å²) in [5.74, 6) is 0. The normalized spacial score (nSPS) is 11.6. The zero-order chi connectivity index (χ0) is 15.4. The monoisotopic (exact) mass is 356 g/mol. The number of rotatable bonds is 0. The first-order valence-corrected chi connectivity index (χ1v) is 8.59. The van der Waals surface area contributed by atoms with Crippen molar-refractivity contribution in [2.75, 3.05) is 0 Å². The molecule has 0 radical (unpaired) electrons. The molecule has 4 rings (SSSR count). The van der Waals surface area contributed by atoms with Crippen molar-refractivity contribution in [3.63, 3.8) is 0 Å². The fourth-order valence-electron chi connectivity index (χ4n) is 3.03. The molecule has 0 amide bonds. The van der Waals surface area contributed by atoms with Crippen molar-refractivity contribution in [1.82, 2.24) is 0 Å². The molecule has 0 aliphatic rings. The Morgan fingerprint density at radius 1 is 0.409 bits per heavy atom. The molecule has 0 saturated heterocycles. The molecule has 0 atom stereocenters. The third kappa shape index (κ3) is 1.91. The van der Waals surface area contributed by atoms with Gasteiger partial charge in [0.25, 0.3) is 0 Å². The molecule has 4 aromatic rings. The highest BCUT2D eigenvalue weighted by Gasteiger charge is 2.17. The summed E-state index contributed by atoms with van der Waals surface area (Å²) < 4.78 is 0. The van der Waals surface area contributed by atoms with Crippen molar-refractivity contribution in [2.24, 2.45) is 0 Å². The van der Waals surface area contributed by atoms with E-state index in [0.29, 0.717) is 0 Å². The fourth-order valence-corrected chi connectivity index (χ4v) is 4.88. The van der Waals surface area contributed by atoms with Crippen LogP contribution in [0.3, 0.4) is 0 Å². The largest absolute Gasteiger partial charge is 0.142 e. The van der Waals surface area contributed by atoms with E-state index in [9.17, 15) is 0 Å². The molecule has 4 aromatic carbocycles. The summed E-state index contributed by atoms with van der Waals surface area (Å²) in [6, 6.07) is 16.3. The van der Waals surface area contributed by atoms with E-state index < -0.39 is 0 Å². The molecule has 4 heteroatoms. The smallest absolute Gasteiger partial charge is 0.0210 e. The molecule has 108 valence electrons. The van der Waals surface area contributed by atoms with Gasteiger partial charge in [0.05, 0.1) is 0 Å². The quantitative estimate of drug-likeness (QED) is 0.206. The predicted octanol–water partition coefficient (Wildman–Crippen LogP) is 6.30. The van der Waals surface area contributed by atoms with Crippen molar-refractivity contribution in [1.29, 1.82) is 0 Å². The Morgan fingerprint density at radius 3 is 0.864 bits per heavy atom. The molecule has 0 aliphatic carbocycles. The lowest BCUT2D eigenvalue weighted by Crippen LogP contribution is -1.89. The molecule has 0 N–H and O–H groups in total. The summed E-state index contributed by atoms with van der Waals surface area (Å²) in [4.78, 5) is 3.70. The lowest BCUT2D eigenvalue weighted by Gasteiger charge is -2.17. The second-order valence-corrected chi connectivity index (χ2v) is 7.02. The molecule has 0 spiro atoms. The molecular formula is C18H12S4. The summed E-state index contributed by atoms with van der Waals surface area (Å²) >= 11 is 19.2. The van der Waals surface area contributed by atoms with E-state index in [1.54, 1.807) is 0 Å². The van der Waals surface area contributed by atoms with Crippen LogP contribution in [0.25, 0.3) is 32.3 Å². The second-order valence-electron chi connectivity index (χ2n) is 5.24. The topological polar surface area (TPSA) is 0 Å². The Morgan fingerprint density at radius 2 is 0.636 bits per heavy atom. The van der Waals surface area contributed by atoms with Crippen LogP contribution in [0.5, 0.6) is 0 Å². The minimum absolute atomic E-state index is 0.925. The Labute approximate surface area is 150 Å². The van der Waals surface area contributed by atoms with Gasteiger partial charge < -0.3 is 0 Å². The number of thiol groups is 4. The molecule has 0 aromatic heterocycles. The van der Waals surface area contributed by atoms with Crippen molar-refractivity contribution in [3.05, 3.63) is 48.5 Å². The van der Waals surface area contributed by atoms with Crippen LogP contribution < -0.4 is 0 Å². The molecule has 0 aliphatic heterocycles. The number of hydrogen-bond acceptors (Lipinski definition) is 4. The van der Waals surface area contributed by atoms with Crippen LogP contribution in [0.1, 0.15) is 0 Å². The zero-order valence-corrected chi connectivity index (χ0v) is 15.0. The van der Waals surface area contributed by atoms with E-state index >= 15 is 0 Å². The SMILES string of the molecule is Sc1c2ccccc2c(S)c2c(S)c3ccccc3c(S)c12. The van der Waals surface area contributed by atoms with Crippen LogP contribution in [-0.4, -0.2) is 0 Å². The van der Waals surface area contributed by atoms with Gasteiger partial charge in [-0.3, -0.25) is 0 Å². The maximum Gasteiger partial charge on any atom is 0.0210 e. The summed E-state index contributed by atoms with van der Waals surface area (Å²) in [5, 5.41) is 6.37. The van der Waals surface area contributed by atoms with E-state index in [1.807, 2.05) is 24.3 Å². The summed E-state index contributed by atoms with van der Waals surface area (Å²) in [5.41, 5.74) is 0. The first-order chi connectivity index (χ1) is 10.6. The van der Waals surface area contributed by atoms with E-state index in [-0.39, 0.29) is 0 Å². The predicted molar refractivity (Wildman–Crippen MR) is 108 cm³/mol. The Kier molecular flexibility index (Phi) is 3.53. The van der Waals surface area contributed by atoms with Gasteiger partial charge in [-0.15, -0.1) is 50.5 Å². The van der Waals surface area contributed by atoms with Crippen LogP contribution in [0.4, 0.5) is 0 Å². The number of hydrogen-bond donors (Lipinski definition) is 4. The van der Waals surface area contributed by atoms with Gasteiger partial charge in [-0.1, -0.05) is 48.5 Å². The fraction of sp³-hybridized carbons (Fsp3) is 0. The maximum atomic E-state index is 4.79. The molecular weight excluding hydrogens is 344 g/mol. The summed E-state index contributed by atoms with van der Waals surface area (Å²) in [6.07, 6.45) is 0. The van der Waals surface area contributed by atoms with Crippen LogP contribution in [0.15, 0.2) is 68.1 Å². The zero-order valence-electron chi connectivity index (χ0n) is 11.4. The minimum Gasteiger partial charge on any atom is -0.142 e. The third-order valence-corrected chi connectivity index (χ3v) is 5.93. The number of benzene rings is 4. The Hall–Kier alpha value is -0.940. The molecule has 0 bridgehead atoms. The van der Waals surface area contributed by atoms with Gasteiger partial charge in [0.1, 0.15) is 0 Å². The van der Waals surface area contributed by atoms with Crippen molar-refractivity contribution >= 4 is 82.8 Å². The molecule has 0 unspecified atom stereocenters. The van der Waals surface area contributed by atoms with Gasteiger partial charge in [0.15, 0.2) is 0 Å². The van der Waals surface area contributed by atoms with E-state index in [4.69, 9.17) is 50.5 Å². The van der Waals surface area contributed by atoms with Crippen LogP contribution in [0, 0.1) is 0 Å². The van der Waals surface area contributed by atoms with Crippen LogP contribution >= 0.6 is 50.5 Å². The lowest BCUT2D eigenvalue weighted by atomic mass is 9.99. The third-order valence-electron chi connectivity index (χ3n) is 4.07. The highest BCUT2D eigenvalue weighted by Crippen LogP contribution is 2.46. The number of fused-ring (bicyclic) bond motifs is 3. The van der Waals surface area contributed by atoms with E-state index in [2.05, 4.69) is 24.3 Å². The maximum absolute atomic E-state index is 4.79. The minimum atomic E-state index is 0.925. The van der Waals surface area contributed by atoms with Gasteiger partial charge in [-0.25, -0.2) is 0 Å². The van der Waals surface area contributed by atoms with Crippen LogP contribution in [0.2, 0.25) is 0 Å². The first kappa shape index (κ1) is 14.6. The van der Waals surface area contributed by atoms with Gasteiger partial charge in [0.2, 0.25) is 0 Å². The molecule has 0 fully saturated rings. The van der Waals surface area contributed by atoms with Crippen molar-refractivity contribution in [3.8, 4) is 0 Å². The first-order valence-electron chi connectivity index (χ1n) is 6.80. The van der Waals surface area contributed by atoms with Crippen molar-refractivity contribution in [2.45, 2.75) is 19.6 Å². The van der Waals surface area contributed by atoms with Gasteiger partial charge in [0, 0.05) is 30.4 Å². The standard InChI is InChI=1S/C18H12S4/c19-15-9-5-1-2-6-10(9)16(20)14-13(15)17(21)11-7-3-4-8-12(11)18(14)22/h1-8,19-22H. The molecule has 0 heterocycles. The second kappa shape index (κ2) is 5.31. The average molecular weight is 357 g/mol. The van der Waals surface area contributed by atoms with Gasteiger partial charge in [-0.2, -0.15) is 0 Å². The van der Waals surface area contributed by atoms with E-state index in [0.717, 1.165) is 51.9 Å². The van der Waals surface area contributed by atoms with E-state index in [1.165, 1.54) is 0 Å². The molecule has 0 saturated carbocycles. The van der Waals surface area contributed by atoms with Crippen LogP contribution in [-0.2, 0) is 0 Å². The van der Waals surface area contributed by atoms with Crippen molar-refractivity contribution < 1.29 is 0 Å². The molecule has 22 heavy (non-hydrogen) atoms. The summed E-state index contributed by atoms with van der Waals surface area (Å²) in [6.45, 7) is 0. The van der Waals surface area contributed by atoms with Gasteiger partial charge >= 0.3 is 0 Å². The highest BCUT2D eigenvalue weighted by atomic mass is 32.1. The highest BCUT2D eigenvalue weighted by molar-refractivity contribution is 7.83. The summed E-state index contributed by atoms with van der Waals surface area (Å²) in [7, 11) is 0. The lowest BCUT2D eigenvalue weighted by molar-refractivity contribution is 1.45. The molecule has 0 nitrogen and oxygen atoms in total. The van der Waals surface area contributed by atoms with Gasteiger partial charge in [-0.05, 0) is 21.5 Å². The Bertz CT molecular complexity index is 899.